The minimum absolute atomic E-state index is 0.139. The molecule has 6 heteroatoms. The van der Waals surface area contributed by atoms with E-state index in [-0.39, 0.29) is 35.5 Å². The lowest BCUT2D eigenvalue weighted by Gasteiger charge is -2.22. The van der Waals surface area contributed by atoms with Crippen molar-refractivity contribution < 1.29 is 19.1 Å². The zero-order chi connectivity index (χ0) is 20.2. The predicted molar refractivity (Wildman–Crippen MR) is 103 cm³/mol. The van der Waals surface area contributed by atoms with Gasteiger partial charge in [-0.2, -0.15) is 5.01 Å². The second-order valence-electron chi connectivity index (χ2n) is 8.36. The highest BCUT2D eigenvalue weighted by Crippen LogP contribution is 2.59. The molecule has 2 saturated carbocycles. The Hall–Kier alpha value is -2.63. The molecule has 3 aliphatic rings. The third-order valence-electron chi connectivity index (χ3n) is 6.35. The van der Waals surface area contributed by atoms with Crippen molar-refractivity contribution in [2.24, 2.45) is 23.7 Å². The van der Waals surface area contributed by atoms with Gasteiger partial charge in [-0.3, -0.25) is 19.8 Å². The summed E-state index contributed by atoms with van der Waals surface area (Å²) in [6.45, 7) is 7.68. The van der Waals surface area contributed by atoms with Gasteiger partial charge in [-0.05, 0) is 64.5 Å². The number of ether oxygens (including phenoxy) is 1. The van der Waals surface area contributed by atoms with Crippen LogP contribution < -0.4 is 10.2 Å². The molecule has 5 atom stereocenters. The monoisotopic (exact) mass is 382 g/mol. The SMILES string of the molecule is CC(C)=C1[C@H]2CC[C@H]1[C@@H]1C(=O)N(NC(=O)[C@@H](C)Oc3ccc(C)cc3)C(=O)[C@H]12. The number of hydrogen-bond donors (Lipinski definition) is 1. The van der Waals surface area contributed by atoms with Gasteiger partial charge in [0.1, 0.15) is 5.75 Å². The molecule has 2 aliphatic carbocycles. The van der Waals surface area contributed by atoms with Crippen LogP contribution in [0.4, 0.5) is 0 Å². The molecular weight excluding hydrogens is 356 g/mol. The van der Waals surface area contributed by atoms with Crippen molar-refractivity contribution >= 4 is 17.7 Å². The van der Waals surface area contributed by atoms with Gasteiger partial charge in [-0.15, -0.1) is 0 Å². The first kappa shape index (κ1) is 18.7. The number of hydrogen-bond acceptors (Lipinski definition) is 4. The van der Waals surface area contributed by atoms with Crippen molar-refractivity contribution in [2.45, 2.75) is 46.6 Å². The Morgan fingerprint density at radius 1 is 1.07 bits per heavy atom. The van der Waals surface area contributed by atoms with E-state index in [2.05, 4.69) is 19.3 Å². The molecule has 1 aromatic rings. The number of benzene rings is 1. The Bertz CT molecular complexity index is 837. The third kappa shape index (κ3) is 2.82. The summed E-state index contributed by atoms with van der Waals surface area (Å²) >= 11 is 0. The summed E-state index contributed by atoms with van der Waals surface area (Å²) in [7, 11) is 0. The van der Waals surface area contributed by atoms with Crippen LogP contribution in [0.15, 0.2) is 35.4 Å². The third-order valence-corrected chi connectivity index (χ3v) is 6.35. The standard InChI is InChI=1S/C22H26N2O4/c1-11(2)17-15-9-10-16(17)19-18(15)21(26)24(22(19)27)23-20(25)13(4)28-14-7-5-12(3)6-8-14/h5-8,13,15-16,18-19H,9-10H2,1-4H3,(H,23,25)/t13-,15-,16-,18+,19+/m1/s1. The molecule has 2 bridgehead atoms. The Morgan fingerprint density at radius 2 is 1.61 bits per heavy atom. The molecule has 3 amide bonds. The maximum atomic E-state index is 12.9. The van der Waals surface area contributed by atoms with Crippen molar-refractivity contribution in [2.75, 3.05) is 0 Å². The second-order valence-corrected chi connectivity index (χ2v) is 8.36. The first-order valence-electron chi connectivity index (χ1n) is 9.88. The van der Waals surface area contributed by atoms with E-state index < -0.39 is 12.0 Å². The Balaban J connectivity index is 1.46. The lowest BCUT2D eigenvalue weighted by atomic mass is 9.81. The molecule has 0 unspecified atom stereocenters. The van der Waals surface area contributed by atoms with Gasteiger partial charge in [0.15, 0.2) is 6.10 Å². The predicted octanol–water partition coefficient (Wildman–Crippen LogP) is 2.77. The van der Waals surface area contributed by atoms with E-state index in [0.717, 1.165) is 23.4 Å². The molecule has 0 spiro atoms. The zero-order valence-corrected chi connectivity index (χ0v) is 16.7. The summed E-state index contributed by atoms with van der Waals surface area (Å²) in [6, 6.07) is 7.36. The molecule has 148 valence electrons. The number of fused-ring (bicyclic) bond motifs is 5. The van der Waals surface area contributed by atoms with Crippen LogP contribution in [0.1, 0.15) is 39.2 Å². The van der Waals surface area contributed by atoms with Crippen molar-refractivity contribution in [3.8, 4) is 5.75 Å². The van der Waals surface area contributed by atoms with Crippen LogP contribution in [0, 0.1) is 30.6 Å². The Morgan fingerprint density at radius 3 is 2.11 bits per heavy atom. The normalized spacial score (nSPS) is 29.1. The summed E-state index contributed by atoms with van der Waals surface area (Å²) in [5.74, 6) is -0.880. The van der Waals surface area contributed by atoms with Gasteiger partial charge in [0.2, 0.25) is 0 Å². The van der Waals surface area contributed by atoms with E-state index in [1.54, 1.807) is 19.1 Å². The summed E-state index contributed by atoms with van der Waals surface area (Å²) < 4.78 is 5.64. The fourth-order valence-corrected chi connectivity index (χ4v) is 5.18. The topological polar surface area (TPSA) is 75.7 Å². The highest BCUT2D eigenvalue weighted by atomic mass is 16.5. The number of amides is 3. The summed E-state index contributed by atoms with van der Waals surface area (Å²) in [5, 5.41) is 0.944. The number of allylic oxidation sites excluding steroid dienone is 2. The van der Waals surface area contributed by atoms with Crippen LogP contribution in [0.5, 0.6) is 5.75 Å². The van der Waals surface area contributed by atoms with Gasteiger partial charge in [0.25, 0.3) is 17.7 Å². The van der Waals surface area contributed by atoms with E-state index >= 15 is 0 Å². The smallest absolute Gasteiger partial charge is 0.279 e. The van der Waals surface area contributed by atoms with Gasteiger partial charge in [0.05, 0.1) is 11.8 Å². The zero-order valence-electron chi connectivity index (χ0n) is 16.7. The van der Waals surface area contributed by atoms with Crippen LogP contribution in [0.3, 0.4) is 0 Å². The molecule has 1 aromatic carbocycles. The first-order valence-corrected chi connectivity index (χ1v) is 9.88. The molecule has 1 heterocycles. The first-order chi connectivity index (χ1) is 13.3. The fraction of sp³-hybridized carbons (Fsp3) is 0.500. The Kier molecular flexibility index (Phi) is 4.52. The lowest BCUT2D eigenvalue weighted by molar-refractivity contribution is -0.151. The quantitative estimate of drug-likeness (QED) is 0.642. The maximum absolute atomic E-state index is 12.9. The number of rotatable bonds is 4. The molecule has 28 heavy (non-hydrogen) atoms. The van der Waals surface area contributed by atoms with Gasteiger partial charge in [-0.1, -0.05) is 28.8 Å². The number of aryl methyl sites for hydroxylation is 1. The van der Waals surface area contributed by atoms with Crippen LogP contribution in [-0.4, -0.2) is 28.8 Å². The van der Waals surface area contributed by atoms with E-state index in [0.29, 0.717) is 5.75 Å². The highest BCUT2D eigenvalue weighted by Gasteiger charge is 2.63. The second kappa shape index (κ2) is 6.76. The molecular formula is C22H26N2O4. The average molecular weight is 382 g/mol. The van der Waals surface area contributed by atoms with Gasteiger partial charge < -0.3 is 4.74 Å². The van der Waals surface area contributed by atoms with E-state index in [9.17, 15) is 14.4 Å². The molecule has 0 radical (unpaired) electrons. The van der Waals surface area contributed by atoms with E-state index in [1.807, 2.05) is 19.1 Å². The van der Waals surface area contributed by atoms with Gasteiger partial charge in [-0.25, -0.2) is 0 Å². The summed E-state index contributed by atoms with van der Waals surface area (Å²) in [5.41, 5.74) is 6.11. The summed E-state index contributed by atoms with van der Waals surface area (Å²) in [6.07, 6.45) is 1.06. The van der Waals surface area contributed by atoms with Crippen molar-refractivity contribution in [3.05, 3.63) is 41.0 Å². The molecule has 4 rings (SSSR count). The van der Waals surface area contributed by atoms with Crippen LogP contribution in [0.25, 0.3) is 0 Å². The number of nitrogens with zero attached hydrogens (tertiary/aromatic N) is 1. The fourth-order valence-electron chi connectivity index (χ4n) is 5.18. The molecule has 6 nitrogen and oxygen atoms in total. The minimum Gasteiger partial charge on any atom is -0.481 e. The number of imide groups is 1. The number of hydrazine groups is 1. The van der Waals surface area contributed by atoms with Gasteiger partial charge in [0, 0.05) is 0 Å². The number of carbonyl (C=O) groups is 3. The van der Waals surface area contributed by atoms with E-state index in [1.165, 1.54) is 11.1 Å². The molecule has 1 saturated heterocycles. The molecule has 0 aromatic heterocycles. The van der Waals surface area contributed by atoms with Crippen LogP contribution >= 0.6 is 0 Å². The van der Waals surface area contributed by atoms with Crippen molar-refractivity contribution in [3.63, 3.8) is 0 Å². The minimum atomic E-state index is -0.825. The molecule has 1 aliphatic heterocycles. The number of nitrogens with one attached hydrogen (secondary N) is 1. The van der Waals surface area contributed by atoms with Crippen molar-refractivity contribution in [1.82, 2.24) is 10.4 Å². The van der Waals surface area contributed by atoms with Crippen LogP contribution in [-0.2, 0) is 14.4 Å². The molecule has 3 fully saturated rings. The van der Waals surface area contributed by atoms with E-state index in [4.69, 9.17) is 4.74 Å². The van der Waals surface area contributed by atoms with Crippen LogP contribution in [0.2, 0.25) is 0 Å². The lowest BCUT2D eigenvalue weighted by Crippen LogP contribution is -2.51. The molecule has 1 N–H and O–H groups in total. The van der Waals surface area contributed by atoms with Gasteiger partial charge >= 0.3 is 0 Å². The average Bonchev–Trinajstić information content (AvgIpc) is 3.29. The van der Waals surface area contributed by atoms with Crippen molar-refractivity contribution in [1.29, 1.82) is 0 Å². The largest absolute Gasteiger partial charge is 0.481 e. The Labute approximate surface area is 164 Å². The number of carbonyl (C=O) groups excluding carboxylic acids is 3. The highest BCUT2D eigenvalue weighted by molar-refractivity contribution is 6.07. The maximum Gasteiger partial charge on any atom is 0.279 e. The summed E-state index contributed by atoms with van der Waals surface area (Å²) in [4.78, 5) is 38.4.